The van der Waals surface area contributed by atoms with Crippen LogP contribution >= 0.6 is 0 Å². The molecule has 0 bridgehead atoms. The minimum atomic E-state index is 0.106. The third kappa shape index (κ3) is 2.99. The Hall–Kier alpha value is -2.77. The van der Waals surface area contributed by atoms with Crippen molar-refractivity contribution in [2.45, 2.75) is 13.5 Å². The highest BCUT2D eigenvalue weighted by Crippen LogP contribution is 2.31. The van der Waals surface area contributed by atoms with Crippen molar-refractivity contribution in [2.24, 2.45) is 0 Å². The van der Waals surface area contributed by atoms with E-state index in [9.17, 15) is 0 Å². The third-order valence-corrected chi connectivity index (χ3v) is 3.76. The zero-order chi connectivity index (χ0) is 17.1. The Morgan fingerprint density at radius 1 is 1.04 bits per heavy atom. The lowest BCUT2D eigenvalue weighted by Crippen LogP contribution is -2.08. The predicted octanol–water partition coefficient (Wildman–Crippen LogP) is 2.29. The van der Waals surface area contributed by atoms with Crippen molar-refractivity contribution in [1.82, 2.24) is 15.0 Å². The van der Waals surface area contributed by atoms with Crippen LogP contribution in [0.1, 0.15) is 11.1 Å². The molecular formula is C17H19N5O2. The molecule has 0 aliphatic heterocycles. The minimum absolute atomic E-state index is 0.106. The van der Waals surface area contributed by atoms with Gasteiger partial charge < -0.3 is 20.9 Å². The van der Waals surface area contributed by atoms with E-state index in [4.69, 9.17) is 20.9 Å². The second-order valence-electron chi connectivity index (χ2n) is 5.35. The lowest BCUT2D eigenvalue weighted by Gasteiger charge is -2.15. The summed E-state index contributed by atoms with van der Waals surface area (Å²) in [5.74, 6) is 0.421. The first-order valence-corrected chi connectivity index (χ1v) is 7.46. The smallest absolute Gasteiger partial charge is 0.224 e. The molecule has 24 heavy (non-hydrogen) atoms. The van der Waals surface area contributed by atoms with E-state index >= 15 is 0 Å². The zero-order valence-corrected chi connectivity index (χ0v) is 13.6. The van der Waals surface area contributed by atoms with Gasteiger partial charge in [0.2, 0.25) is 5.95 Å². The van der Waals surface area contributed by atoms with Crippen LogP contribution in [0, 0.1) is 6.92 Å². The SMILES string of the molecule is COCOCc1c(-c2ccccc2)nc2nc(N)nc(N)c2c1C. The van der Waals surface area contributed by atoms with Crippen LogP contribution in [0.2, 0.25) is 0 Å². The van der Waals surface area contributed by atoms with Crippen LogP contribution in [0.4, 0.5) is 11.8 Å². The molecule has 0 fully saturated rings. The molecule has 3 rings (SSSR count). The predicted molar refractivity (Wildman–Crippen MR) is 93.0 cm³/mol. The van der Waals surface area contributed by atoms with Crippen molar-refractivity contribution >= 4 is 22.8 Å². The molecule has 1 aromatic carbocycles. The van der Waals surface area contributed by atoms with Gasteiger partial charge in [-0.05, 0) is 12.5 Å². The van der Waals surface area contributed by atoms with Crippen molar-refractivity contribution in [3.05, 3.63) is 41.5 Å². The summed E-state index contributed by atoms with van der Waals surface area (Å²) in [7, 11) is 1.58. The van der Waals surface area contributed by atoms with Gasteiger partial charge in [0.15, 0.2) is 5.65 Å². The number of nitrogens with two attached hydrogens (primary N) is 2. The Morgan fingerprint density at radius 3 is 2.50 bits per heavy atom. The lowest BCUT2D eigenvalue weighted by molar-refractivity contribution is -0.0390. The maximum absolute atomic E-state index is 6.03. The van der Waals surface area contributed by atoms with E-state index in [2.05, 4.69) is 15.0 Å². The molecule has 0 amide bonds. The van der Waals surface area contributed by atoms with E-state index in [1.54, 1.807) is 7.11 Å². The highest BCUT2D eigenvalue weighted by molar-refractivity contribution is 5.92. The number of methoxy groups -OCH3 is 1. The molecule has 0 radical (unpaired) electrons. The summed E-state index contributed by atoms with van der Waals surface area (Å²) in [5.41, 5.74) is 15.8. The summed E-state index contributed by atoms with van der Waals surface area (Å²) < 4.78 is 10.5. The Morgan fingerprint density at radius 2 is 1.79 bits per heavy atom. The third-order valence-electron chi connectivity index (χ3n) is 3.76. The zero-order valence-electron chi connectivity index (χ0n) is 13.6. The summed E-state index contributed by atoms with van der Waals surface area (Å²) >= 11 is 0. The van der Waals surface area contributed by atoms with Crippen LogP contribution in [-0.2, 0) is 16.1 Å². The van der Waals surface area contributed by atoms with E-state index in [1.807, 2.05) is 37.3 Å². The molecule has 0 atom stereocenters. The van der Waals surface area contributed by atoms with Crippen molar-refractivity contribution in [3.63, 3.8) is 0 Å². The first-order chi connectivity index (χ1) is 11.6. The number of hydrogen-bond acceptors (Lipinski definition) is 7. The van der Waals surface area contributed by atoms with E-state index in [-0.39, 0.29) is 12.7 Å². The number of rotatable bonds is 5. The maximum atomic E-state index is 6.03. The van der Waals surface area contributed by atoms with Crippen LogP contribution in [0.15, 0.2) is 30.3 Å². The van der Waals surface area contributed by atoms with Crippen molar-refractivity contribution < 1.29 is 9.47 Å². The van der Waals surface area contributed by atoms with Gasteiger partial charge in [0, 0.05) is 18.2 Å². The second-order valence-corrected chi connectivity index (χ2v) is 5.35. The van der Waals surface area contributed by atoms with Crippen molar-refractivity contribution in [2.75, 3.05) is 25.4 Å². The van der Waals surface area contributed by atoms with Gasteiger partial charge in [0.25, 0.3) is 0 Å². The number of ether oxygens (including phenoxy) is 2. The molecule has 0 saturated carbocycles. The quantitative estimate of drug-likeness (QED) is 0.547. The summed E-state index contributed by atoms with van der Waals surface area (Å²) in [6.07, 6.45) is 0. The van der Waals surface area contributed by atoms with Crippen molar-refractivity contribution in [3.8, 4) is 11.3 Å². The van der Waals surface area contributed by atoms with Crippen LogP contribution in [0.25, 0.3) is 22.3 Å². The van der Waals surface area contributed by atoms with E-state index in [0.29, 0.717) is 23.5 Å². The standard InChI is InChI=1S/C17H19N5O2/c1-10-12(8-24-9-23-2)14(11-6-4-3-5-7-11)20-16-13(10)15(18)21-17(19)22-16/h3-7H,8-9H2,1-2H3,(H4,18,19,20,21,22). The number of hydrogen-bond donors (Lipinski definition) is 2. The summed E-state index contributed by atoms with van der Waals surface area (Å²) in [5, 5.41) is 0.694. The molecule has 0 saturated heterocycles. The Bertz CT molecular complexity index is 868. The molecule has 0 aliphatic rings. The topological polar surface area (TPSA) is 109 Å². The Labute approximate surface area is 139 Å². The molecule has 0 spiro atoms. The molecule has 124 valence electrons. The van der Waals surface area contributed by atoms with Crippen molar-refractivity contribution in [1.29, 1.82) is 0 Å². The minimum Gasteiger partial charge on any atom is -0.383 e. The van der Waals surface area contributed by atoms with Gasteiger partial charge in [-0.2, -0.15) is 9.97 Å². The average molecular weight is 325 g/mol. The van der Waals surface area contributed by atoms with Gasteiger partial charge in [-0.25, -0.2) is 4.98 Å². The first kappa shape index (κ1) is 16.1. The number of nitrogens with zero attached hydrogens (tertiary/aromatic N) is 3. The second kappa shape index (κ2) is 6.77. The number of benzene rings is 1. The average Bonchev–Trinajstić information content (AvgIpc) is 2.57. The number of pyridine rings is 1. The van der Waals surface area contributed by atoms with Gasteiger partial charge in [-0.3, -0.25) is 0 Å². The summed E-state index contributed by atoms with van der Waals surface area (Å²) in [6, 6.07) is 9.84. The van der Waals surface area contributed by atoms with Crippen LogP contribution in [0.5, 0.6) is 0 Å². The molecule has 4 N–H and O–H groups in total. The summed E-state index contributed by atoms with van der Waals surface area (Å²) in [4.78, 5) is 12.9. The molecular weight excluding hydrogens is 306 g/mol. The molecule has 7 heteroatoms. The number of aromatic nitrogens is 3. The van der Waals surface area contributed by atoms with Crippen LogP contribution < -0.4 is 11.5 Å². The van der Waals surface area contributed by atoms with Gasteiger partial charge in [-0.1, -0.05) is 30.3 Å². The lowest BCUT2D eigenvalue weighted by atomic mass is 9.99. The van der Waals surface area contributed by atoms with Crippen LogP contribution in [-0.4, -0.2) is 28.9 Å². The molecule has 0 unspecified atom stereocenters. The normalized spacial score (nSPS) is 11.1. The molecule has 2 aromatic heterocycles. The fourth-order valence-corrected chi connectivity index (χ4v) is 2.66. The van der Waals surface area contributed by atoms with Gasteiger partial charge in [0.05, 0.1) is 17.7 Å². The molecule has 3 aromatic rings. The molecule has 0 aliphatic carbocycles. The van der Waals surface area contributed by atoms with Gasteiger partial charge in [-0.15, -0.1) is 0 Å². The fourth-order valence-electron chi connectivity index (χ4n) is 2.66. The number of nitrogen functional groups attached to an aromatic ring is 2. The highest BCUT2D eigenvalue weighted by atomic mass is 16.7. The molecule has 7 nitrogen and oxygen atoms in total. The van der Waals surface area contributed by atoms with Crippen LogP contribution in [0.3, 0.4) is 0 Å². The van der Waals surface area contributed by atoms with E-state index in [1.165, 1.54) is 0 Å². The maximum Gasteiger partial charge on any atom is 0.224 e. The van der Waals surface area contributed by atoms with E-state index < -0.39 is 0 Å². The number of fused-ring (bicyclic) bond motifs is 1. The molecule has 2 heterocycles. The highest BCUT2D eigenvalue weighted by Gasteiger charge is 2.17. The van der Waals surface area contributed by atoms with Gasteiger partial charge in [0.1, 0.15) is 12.6 Å². The summed E-state index contributed by atoms with van der Waals surface area (Å²) in [6.45, 7) is 2.49. The van der Waals surface area contributed by atoms with Gasteiger partial charge >= 0.3 is 0 Å². The number of anilines is 2. The number of aryl methyl sites for hydroxylation is 1. The Kier molecular flexibility index (Phi) is 4.54. The first-order valence-electron chi connectivity index (χ1n) is 7.46. The fraction of sp³-hybridized carbons (Fsp3) is 0.235. The monoisotopic (exact) mass is 325 g/mol. The largest absolute Gasteiger partial charge is 0.383 e. The van der Waals surface area contributed by atoms with E-state index in [0.717, 1.165) is 22.4 Å². The Balaban J connectivity index is 2.25.